The van der Waals surface area contributed by atoms with Crippen molar-refractivity contribution in [3.63, 3.8) is 0 Å². The monoisotopic (exact) mass is 197 g/mol. The molecular weight excluding hydrogens is 193 g/mol. The molecular formula is C9H5ClFNO. The van der Waals surface area contributed by atoms with Gasteiger partial charge in [-0.1, -0.05) is 11.6 Å². The molecule has 0 saturated carbocycles. The van der Waals surface area contributed by atoms with Gasteiger partial charge in [0.05, 0.1) is 16.7 Å². The molecule has 0 aliphatic heterocycles. The van der Waals surface area contributed by atoms with Crippen LogP contribution in [0.3, 0.4) is 0 Å². The van der Waals surface area contributed by atoms with Gasteiger partial charge in [-0.2, -0.15) is 5.26 Å². The molecule has 4 heteroatoms. The number of carbonyl (C=O) groups excluding carboxylic acids is 1. The van der Waals surface area contributed by atoms with Gasteiger partial charge in [-0.05, 0) is 19.1 Å². The Hall–Kier alpha value is -1.40. The molecule has 2 nitrogen and oxygen atoms in total. The topological polar surface area (TPSA) is 40.9 Å². The summed E-state index contributed by atoms with van der Waals surface area (Å²) in [7, 11) is 0. The summed E-state index contributed by atoms with van der Waals surface area (Å²) in [5, 5.41) is 8.45. The second-order valence-electron chi connectivity index (χ2n) is 2.48. The van der Waals surface area contributed by atoms with Crippen molar-refractivity contribution in [1.29, 1.82) is 5.26 Å². The third-order valence-corrected chi connectivity index (χ3v) is 1.85. The van der Waals surface area contributed by atoms with Crippen LogP contribution in [0.5, 0.6) is 0 Å². The molecule has 0 unspecified atom stereocenters. The Morgan fingerprint density at radius 1 is 1.62 bits per heavy atom. The number of nitriles is 1. The van der Waals surface area contributed by atoms with E-state index in [1.165, 1.54) is 6.92 Å². The summed E-state index contributed by atoms with van der Waals surface area (Å²) in [6, 6.07) is 3.89. The average molecular weight is 198 g/mol. The number of hydrogen-bond acceptors (Lipinski definition) is 2. The van der Waals surface area contributed by atoms with Crippen molar-refractivity contribution in [3.05, 3.63) is 34.1 Å². The lowest BCUT2D eigenvalue weighted by atomic mass is 10.1. The Bertz CT molecular complexity index is 409. The molecule has 13 heavy (non-hydrogen) atoms. The van der Waals surface area contributed by atoms with Crippen molar-refractivity contribution < 1.29 is 9.18 Å². The Kier molecular flexibility index (Phi) is 2.64. The van der Waals surface area contributed by atoms with Gasteiger partial charge in [-0.3, -0.25) is 4.79 Å². The lowest BCUT2D eigenvalue weighted by molar-refractivity contribution is 0.101. The van der Waals surface area contributed by atoms with E-state index < -0.39 is 5.82 Å². The molecule has 0 spiro atoms. The molecule has 1 aromatic carbocycles. The summed E-state index contributed by atoms with van der Waals surface area (Å²) in [5.41, 5.74) is 0.156. The van der Waals surface area contributed by atoms with Crippen LogP contribution < -0.4 is 0 Å². The molecule has 66 valence electrons. The van der Waals surface area contributed by atoms with Crippen LogP contribution in [-0.4, -0.2) is 5.78 Å². The molecule has 0 N–H and O–H groups in total. The van der Waals surface area contributed by atoms with Gasteiger partial charge in [0.1, 0.15) is 5.82 Å². The lowest BCUT2D eigenvalue weighted by Crippen LogP contribution is -1.98. The number of hydrogen-bond donors (Lipinski definition) is 0. The van der Waals surface area contributed by atoms with Crippen LogP contribution in [0.2, 0.25) is 5.02 Å². The molecule has 0 bridgehead atoms. The summed E-state index contributed by atoms with van der Waals surface area (Å²) in [6.07, 6.45) is 0. The van der Waals surface area contributed by atoms with E-state index in [9.17, 15) is 9.18 Å². The Morgan fingerprint density at radius 2 is 2.23 bits per heavy atom. The quantitative estimate of drug-likeness (QED) is 0.650. The molecule has 0 amide bonds. The van der Waals surface area contributed by atoms with Gasteiger partial charge in [-0.15, -0.1) is 0 Å². The smallest absolute Gasteiger partial charge is 0.161 e. The van der Waals surface area contributed by atoms with Gasteiger partial charge in [0, 0.05) is 5.56 Å². The number of carbonyl (C=O) groups is 1. The standard InChI is InChI=1S/C9H5ClFNO/c1-5(13)7-3-9(11)8(10)2-6(7)4-12/h2-3H,1H3. The highest BCUT2D eigenvalue weighted by Crippen LogP contribution is 2.20. The summed E-state index contributed by atoms with van der Waals surface area (Å²) < 4.78 is 12.9. The molecule has 0 saturated heterocycles. The molecule has 0 aliphatic rings. The second kappa shape index (κ2) is 3.55. The van der Waals surface area contributed by atoms with Crippen molar-refractivity contribution in [2.45, 2.75) is 6.92 Å². The summed E-state index contributed by atoms with van der Waals surface area (Å²) in [5.74, 6) is -1.04. The third-order valence-electron chi connectivity index (χ3n) is 1.56. The highest BCUT2D eigenvalue weighted by Gasteiger charge is 2.11. The van der Waals surface area contributed by atoms with Gasteiger partial charge < -0.3 is 0 Å². The van der Waals surface area contributed by atoms with Crippen molar-refractivity contribution in [2.24, 2.45) is 0 Å². The molecule has 0 radical (unpaired) electrons. The van der Waals surface area contributed by atoms with E-state index in [0.717, 1.165) is 12.1 Å². The third kappa shape index (κ3) is 1.85. The van der Waals surface area contributed by atoms with Gasteiger partial charge in [0.25, 0.3) is 0 Å². The number of Topliss-reactive ketones (excluding diaryl/α,β-unsaturated/α-hetero) is 1. The van der Waals surface area contributed by atoms with E-state index in [1.807, 2.05) is 0 Å². The SMILES string of the molecule is CC(=O)c1cc(F)c(Cl)cc1C#N. The Balaban J connectivity index is 3.44. The summed E-state index contributed by atoms with van der Waals surface area (Å²) in [4.78, 5) is 10.9. The minimum absolute atomic E-state index is 0.0596. The fraction of sp³-hybridized carbons (Fsp3) is 0.111. The van der Waals surface area contributed by atoms with Crippen LogP contribution in [-0.2, 0) is 0 Å². The Morgan fingerprint density at radius 3 is 2.69 bits per heavy atom. The van der Waals surface area contributed by atoms with Gasteiger partial charge in [0.15, 0.2) is 5.78 Å². The maximum absolute atomic E-state index is 12.9. The highest BCUT2D eigenvalue weighted by atomic mass is 35.5. The number of halogens is 2. The summed E-state index contributed by atoms with van der Waals surface area (Å²) in [6.45, 7) is 1.27. The first-order valence-corrected chi connectivity index (χ1v) is 3.84. The number of rotatable bonds is 1. The van der Waals surface area contributed by atoms with Crippen molar-refractivity contribution >= 4 is 17.4 Å². The molecule has 0 atom stereocenters. The van der Waals surface area contributed by atoms with Gasteiger partial charge in [0.2, 0.25) is 0 Å². The number of benzene rings is 1. The first kappa shape index (κ1) is 9.69. The zero-order valence-corrected chi connectivity index (χ0v) is 7.52. The van der Waals surface area contributed by atoms with Crippen LogP contribution in [0.25, 0.3) is 0 Å². The highest BCUT2D eigenvalue weighted by molar-refractivity contribution is 6.31. The number of ketones is 1. The zero-order valence-electron chi connectivity index (χ0n) is 6.77. The molecule has 0 aliphatic carbocycles. The minimum Gasteiger partial charge on any atom is -0.294 e. The maximum atomic E-state index is 12.9. The van der Waals surface area contributed by atoms with Crippen LogP contribution in [0.4, 0.5) is 4.39 Å². The minimum atomic E-state index is -0.689. The van der Waals surface area contributed by atoms with Crippen LogP contribution in [0.1, 0.15) is 22.8 Å². The molecule has 0 fully saturated rings. The predicted octanol–water partition coefficient (Wildman–Crippen LogP) is 2.55. The molecule has 1 aromatic rings. The van der Waals surface area contributed by atoms with Gasteiger partial charge in [-0.25, -0.2) is 4.39 Å². The van der Waals surface area contributed by atoms with Crippen molar-refractivity contribution in [1.82, 2.24) is 0 Å². The molecule has 0 heterocycles. The average Bonchev–Trinajstić information content (AvgIpc) is 2.08. The van der Waals surface area contributed by atoms with Crippen LogP contribution in [0.15, 0.2) is 12.1 Å². The normalized spacial score (nSPS) is 9.38. The predicted molar refractivity (Wildman–Crippen MR) is 46.1 cm³/mol. The Labute approximate surface area is 79.5 Å². The maximum Gasteiger partial charge on any atom is 0.161 e. The van der Waals surface area contributed by atoms with E-state index in [0.29, 0.717) is 0 Å². The van der Waals surface area contributed by atoms with Crippen LogP contribution in [0, 0.1) is 17.1 Å². The molecule has 0 aromatic heterocycles. The fourth-order valence-corrected chi connectivity index (χ4v) is 1.09. The van der Waals surface area contributed by atoms with E-state index in [-0.39, 0.29) is 21.9 Å². The fourth-order valence-electron chi connectivity index (χ4n) is 0.931. The van der Waals surface area contributed by atoms with Gasteiger partial charge >= 0.3 is 0 Å². The van der Waals surface area contributed by atoms with Crippen LogP contribution >= 0.6 is 11.6 Å². The van der Waals surface area contributed by atoms with E-state index in [4.69, 9.17) is 16.9 Å². The molecule has 1 rings (SSSR count). The zero-order chi connectivity index (χ0) is 10.0. The van der Waals surface area contributed by atoms with E-state index >= 15 is 0 Å². The van der Waals surface area contributed by atoms with Crippen molar-refractivity contribution in [3.8, 4) is 6.07 Å². The second-order valence-corrected chi connectivity index (χ2v) is 2.89. The van der Waals surface area contributed by atoms with Crippen molar-refractivity contribution in [2.75, 3.05) is 0 Å². The first-order valence-electron chi connectivity index (χ1n) is 3.46. The first-order chi connectivity index (χ1) is 6.06. The lowest BCUT2D eigenvalue weighted by Gasteiger charge is -2.00. The number of nitrogens with zero attached hydrogens (tertiary/aromatic N) is 1. The van der Waals surface area contributed by atoms with E-state index in [1.54, 1.807) is 6.07 Å². The largest absolute Gasteiger partial charge is 0.294 e. The summed E-state index contributed by atoms with van der Waals surface area (Å²) >= 11 is 5.43. The van der Waals surface area contributed by atoms with E-state index in [2.05, 4.69) is 0 Å².